The molecule has 1 aromatic carbocycles. The zero-order chi connectivity index (χ0) is 24.7. The highest BCUT2D eigenvalue weighted by Crippen LogP contribution is 2.66. The second kappa shape index (κ2) is 9.63. The van der Waals surface area contributed by atoms with Crippen LogP contribution in [0.15, 0.2) is 36.5 Å². The standard InChI is InChI=1S/C31H38N4O/c1-21-4-7-28(16-25(21)19-32)34-27-9-5-23-18-31(17-22(14-27)15-29(23)31)30(36)24-6-8-26(33-20-24)10-13-35-11-2-3-12-35/h4,6-8,16,20,22-23,27,29,34H,2-3,5,9-15,17-18H2,1H3/t22-,23+,27-,29?,31?/m1/s1. The van der Waals surface area contributed by atoms with Crippen LogP contribution in [0.25, 0.3) is 0 Å². The van der Waals surface area contributed by atoms with E-state index in [2.05, 4.69) is 34.5 Å². The average Bonchev–Trinajstić information content (AvgIpc) is 3.52. The van der Waals surface area contributed by atoms with Gasteiger partial charge in [0.15, 0.2) is 5.78 Å². The Balaban J connectivity index is 1.11. The number of pyridine rings is 1. The molecule has 1 aliphatic heterocycles. The SMILES string of the molecule is Cc1ccc(N[C@@H]2CC[C@H]3CC4(C(=O)c5ccc(CCN6CCCC6)nc5)C[C@@H](CC34)C2)cc1C#N. The summed E-state index contributed by atoms with van der Waals surface area (Å²) in [7, 11) is 0. The van der Waals surface area contributed by atoms with Crippen LogP contribution in [0, 0.1) is 41.4 Å². The Labute approximate surface area is 215 Å². The molecule has 188 valence electrons. The number of likely N-dealkylation sites (tertiary alicyclic amines) is 1. The first kappa shape index (κ1) is 23.7. The number of carbonyl (C=O) groups excluding carboxylic acids is 1. The maximum absolute atomic E-state index is 13.8. The van der Waals surface area contributed by atoms with Crippen LogP contribution < -0.4 is 5.32 Å². The molecule has 1 saturated heterocycles. The van der Waals surface area contributed by atoms with Crippen molar-refractivity contribution in [2.75, 3.05) is 25.0 Å². The highest BCUT2D eigenvalue weighted by molar-refractivity contribution is 6.01. The third-order valence-corrected chi connectivity index (χ3v) is 9.80. The Morgan fingerprint density at radius 1 is 1.17 bits per heavy atom. The predicted octanol–water partition coefficient (Wildman–Crippen LogP) is 5.78. The third-order valence-electron chi connectivity index (χ3n) is 9.80. The Hall–Kier alpha value is -2.71. The first-order valence-corrected chi connectivity index (χ1v) is 14.0. The summed E-state index contributed by atoms with van der Waals surface area (Å²) < 4.78 is 0. The summed E-state index contributed by atoms with van der Waals surface area (Å²) in [5, 5.41) is 13.1. The van der Waals surface area contributed by atoms with E-state index in [0.29, 0.717) is 29.6 Å². The zero-order valence-electron chi connectivity index (χ0n) is 21.5. The second-order valence-corrected chi connectivity index (χ2v) is 12.0. The third kappa shape index (κ3) is 4.34. The molecule has 4 fully saturated rings. The molecule has 6 rings (SSSR count). The lowest BCUT2D eigenvalue weighted by Crippen LogP contribution is -2.50. The van der Waals surface area contributed by atoms with Gasteiger partial charge in [-0.3, -0.25) is 9.78 Å². The van der Waals surface area contributed by atoms with E-state index in [4.69, 9.17) is 4.98 Å². The molecular weight excluding hydrogens is 444 g/mol. The van der Waals surface area contributed by atoms with Gasteiger partial charge in [0, 0.05) is 47.6 Å². The quantitative estimate of drug-likeness (QED) is 0.507. The van der Waals surface area contributed by atoms with E-state index in [-0.39, 0.29) is 5.41 Å². The molecule has 4 aliphatic rings. The van der Waals surface area contributed by atoms with Gasteiger partial charge in [0.25, 0.3) is 0 Å². The lowest BCUT2D eigenvalue weighted by atomic mass is 9.52. The van der Waals surface area contributed by atoms with Gasteiger partial charge in [-0.1, -0.05) is 6.07 Å². The van der Waals surface area contributed by atoms with E-state index in [1.165, 1.54) is 38.8 Å². The van der Waals surface area contributed by atoms with Crippen molar-refractivity contribution in [2.45, 2.75) is 70.8 Å². The first-order valence-electron chi connectivity index (χ1n) is 14.0. The van der Waals surface area contributed by atoms with Crippen LogP contribution in [-0.2, 0) is 6.42 Å². The Morgan fingerprint density at radius 2 is 2.03 bits per heavy atom. The number of carbonyl (C=O) groups is 1. The molecule has 0 spiro atoms. The highest BCUT2D eigenvalue weighted by Gasteiger charge is 2.63. The number of nitrogens with zero attached hydrogens (tertiary/aromatic N) is 3. The zero-order valence-corrected chi connectivity index (χ0v) is 21.5. The topological polar surface area (TPSA) is 69.0 Å². The summed E-state index contributed by atoms with van der Waals surface area (Å²) in [5.74, 6) is 2.17. The molecule has 2 unspecified atom stereocenters. The van der Waals surface area contributed by atoms with E-state index in [1.54, 1.807) is 0 Å². The van der Waals surface area contributed by atoms with E-state index in [0.717, 1.165) is 66.7 Å². The van der Waals surface area contributed by atoms with Crippen molar-refractivity contribution < 1.29 is 4.79 Å². The molecule has 1 aromatic heterocycles. The van der Waals surface area contributed by atoms with Crippen LogP contribution in [0.5, 0.6) is 0 Å². The number of aryl methyl sites for hydroxylation is 1. The van der Waals surface area contributed by atoms with Gasteiger partial charge < -0.3 is 10.2 Å². The fourth-order valence-corrected chi connectivity index (χ4v) is 7.91. The van der Waals surface area contributed by atoms with Crippen LogP contribution in [0.4, 0.5) is 5.69 Å². The molecular formula is C31H38N4O. The van der Waals surface area contributed by atoms with Gasteiger partial charge in [-0.05, 0) is 119 Å². The van der Waals surface area contributed by atoms with E-state index < -0.39 is 0 Å². The van der Waals surface area contributed by atoms with Crippen molar-refractivity contribution in [1.82, 2.24) is 9.88 Å². The summed E-state index contributed by atoms with van der Waals surface area (Å²) in [6, 6.07) is 13.0. The molecule has 2 heterocycles. The lowest BCUT2D eigenvalue weighted by molar-refractivity contribution is -0.00491. The number of anilines is 1. The number of fused-ring (bicyclic) bond motifs is 1. The Kier molecular flexibility index (Phi) is 6.33. The molecule has 3 aliphatic carbocycles. The van der Waals surface area contributed by atoms with Gasteiger partial charge in [0.1, 0.15) is 0 Å². The monoisotopic (exact) mass is 482 g/mol. The fraction of sp³-hybridized carbons (Fsp3) is 0.581. The Morgan fingerprint density at radius 3 is 2.81 bits per heavy atom. The number of Topliss-reactive ketones (excluding diaryl/α,β-unsaturated/α-hetero) is 1. The van der Waals surface area contributed by atoms with Crippen molar-refractivity contribution >= 4 is 11.5 Å². The minimum Gasteiger partial charge on any atom is -0.382 e. The molecule has 5 nitrogen and oxygen atoms in total. The number of ketones is 1. The van der Waals surface area contributed by atoms with Crippen LogP contribution in [0.2, 0.25) is 0 Å². The molecule has 5 heteroatoms. The smallest absolute Gasteiger partial charge is 0.170 e. The maximum Gasteiger partial charge on any atom is 0.170 e. The number of hydrogen-bond acceptors (Lipinski definition) is 5. The molecule has 2 aromatic rings. The minimum atomic E-state index is -0.152. The minimum absolute atomic E-state index is 0.152. The molecule has 5 atom stereocenters. The van der Waals surface area contributed by atoms with Gasteiger partial charge in [0.05, 0.1) is 11.6 Å². The lowest BCUT2D eigenvalue weighted by Gasteiger charge is -2.51. The molecule has 0 amide bonds. The van der Waals surface area contributed by atoms with Crippen molar-refractivity contribution in [2.24, 2.45) is 23.2 Å². The van der Waals surface area contributed by atoms with Crippen molar-refractivity contribution in [3.8, 4) is 6.07 Å². The second-order valence-electron chi connectivity index (χ2n) is 12.0. The normalized spacial score (nSPS) is 31.2. The fourth-order valence-electron chi connectivity index (χ4n) is 7.91. The first-order chi connectivity index (χ1) is 17.5. The van der Waals surface area contributed by atoms with E-state index >= 15 is 0 Å². The summed E-state index contributed by atoms with van der Waals surface area (Å²) in [6.07, 6.45) is 12.2. The van der Waals surface area contributed by atoms with E-state index in [9.17, 15) is 10.1 Å². The van der Waals surface area contributed by atoms with Gasteiger partial charge >= 0.3 is 0 Å². The number of aromatic nitrogens is 1. The summed E-state index contributed by atoms with van der Waals surface area (Å²) in [6.45, 7) is 5.49. The number of nitrogens with one attached hydrogen (secondary N) is 1. The summed E-state index contributed by atoms with van der Waals surface area (Å²) in [5.41, 5.74) is 4.59. The van der Waals surface area contributed by atoms with Gasteiger partial charge in [-0.2, -0.15) is 5.26 Å². The molecule has 1 N–H and O–H groups in total. The highest BCUT2D eigenvalue weighted by atomic mass is 16.1. The molecule has 0 radical (unpaired) electrons. The largest absolute Gasteiger partial charge is 0.382 e. The molecule has 36 heavy (non-hydrogen) atoms. The van der Waals surface area contributed by atoms with Gasteiger partial charge in [-0.15, -0.1) is 0 Å². The number of nitriles is 1. The van der Waals surface area contributed by atoms with Crippen LogP contribution in [0.1, 0.15) is 78.5 Å². The number of hydrogen-bond donors (Lipinski definition) is 1. The van der Waals surface area contributed by atoms with Crippen LogP contribution >= 0.6 is 0 Å². The van der Waals surface area contributed by atoms with Crippen molar-refractivity contribution in [3.05, 3.63) is 58.9 Å². The van der Waals surface area contributed by atoms with Crippen molar-refractivity contribution in [3.63, 3.8) is 0 Å². The molecule has 2 bridgehead atoms. The van der Waals surface area contributed by atoms with Crippen LogP contribution in [-0.4, -0.2) is 41.3 Å². The number of rotatable bonds is 7. The van der Waals surface area contributed by atoms with Crippen molar-refractivity contribution in [1.29, 1.82) is 5.26 Å². The van der Waals surface area contributed by atoms with Gasteiger partial charge in [-0.25, -0.2) is 0 Å². The predicted molar refractivity (Wildman–Crippen MR) is 142 cm³/mol. The Bertz CT molecular complexity index is 1160. The average molecular weight is 483 g/mol. The maximum atomic E-state index is 13.8. The number of benzene rings is 1. The molecule has 3 saturated carbocycles. The summed E-state index contributed by atoms with van der Waals surface area (Å²) >= 11 is 0. The van der Waals surface area contributed by atoms with Gasteiger partial charge in [0.2, 0.25) is 0 Å². The van der Waals surface area contributed by atoms with Crippen LogP contribution in [0.3, 0.4) is 0 Å². The summed E-state index contributed by atoms with van der Waals surface area (Å²) in [4.78, 5) is 21.1. The van der Waals surface area contributed by atoms with E-state index in [1.807, 2.05) is 25.3 Å².